The Kier molecular flexibility index (Phi) is 4.13. The van der Waals surface area contributed by atoms with Crippen molar-refractivity contribution in [1.82, 2.24) is 0 Å². The van der Waals surface area contributed by atoms with Crippen molar-refractivity contribution in [2.45, 2.75) is 6.92 Å². The Balaban J connectivity index is 2.68. The molecular weight excluding hydrogens is 198 g/mol. The van der Waals surface area contributed by atoms with E-state index in [4.69, 9.17) is 11.6 Å². The fourth-order valence-electron chi connectivity index (χ4n) is 0.959. The van der Waals surface area contributed by atoms with Crippen molar-refractivity contribution < 1.29 is 0 Å². The molecule has 1 aromatic carbocycles. The highest BCUT2D eigenvalue weighted by Crippen LogP contribution is 2.19. The minimum atomic E-state index is 0.729. The maximum atomic E-state index is 5.81. The molecule has 0 bridgehead atoms. The molecule has 3 nitrogen and oxygen atoms in total. The number of nitrogens with zero attached hydrogens (tertiary/aromatic N) is 2. The topological polar surface area (TPSA) is 36.8 Å². The number of aryl methyl sites for hydroxylation is 1. The minimum absolute atomic E-state index is 0.729. The Morgan fingerprint density at radius 1 is 1.36 bits per heavy atom. The third kappa shape index (κ3) is 3.18. The molecule has 0 fully saturated rings. The van der Waals surface area contributed by atoms with Gasteiger partial charge >= 0.3 is 0 Å². The lowest BCUT2D eigenvalue weighted by molar-refractivity contribution is 1.31. The lowest BCUT2D eigenvalue weighted by atomic mass is 10.2. The highest BCUT2D eigenvalue weighted by Gasteiger charge is 1.95. The summed E-state index contributed by atoms with van der Waals surface area (Å²) in [5.41, 5.74) is 4.89. The van der Waals surface area contributed by atoms with E-state index in [1.165, 1.54) is 0 Å². The SMILES string of the molecule is C/N=C\C=N/Nc1ccc(Cl)cc1C. The summed E-state index contributed by atoms with van der Waals surface area (Å²) in [5, 5.41) is 4.68. The van der Waals surface area contributed by atoms with Gasteiger partial charge in [-0.15, -0.1) is 0 Å². The molecule has 0 aromatic heterocycles. The van der Waals surface area contributed by atoms with Gasteiger partial charge in [0.25, 0.3) is 0 Å². The van der Waals surface area contributed by atoms with Crippen LogP contribution in [0.15, 0.2) is 28.3 Å². The first-order valence-electron chi connectivity index (χ1n) is 4.20. The van der Waals surface area contributed by atoms with E-state index in [1.54, 1.807) is 19.5 Å². The molecule has 1 rings (SSSR count). The van der Waals surface area contributed by atoms with Gasteiger partial charge in [-0.05, 0) is 30.7 Å². The summed E-state index contributed by atoms with van der Waals surface area (Å²) in [4.78, 5) is 3.77. The smallest absolute Gasteiger partial charge is 0.0650 e. The number of halogens is 1. The predicted molar refractivity (Wildman–Crippen MR) is 62.7 cm³/mol. The van der Waals surface area contributed by atoms with Gasteiger partial charge in [-0.25, -0.2) is 0 Å². The number of aliphatic imine (C=N–C) groups is 1. The molecule has 0 unspecified atom stereocenters. The minimum Gasteiger partial charge on any atom is -0.295 e. The predicted octanol–water partition coefficient (Wildman–Crippen LogP) is 2.75. The third-order valence-electron chi connectivity index (χ3n) is 1.66. The largest absolute Gasteiger partial charge is 0.295 e. The number of hydrogen-bond donors (Lipinski definition) is 1. The first kappa shape index (κ1) is 10.7. The summed E-state index contributed by atoms with van der Waals surface area (Å²) in [5.74, 6) is 0. The monoisotopic (exact) mass is 209 g/mol. The quantitative estimate of drug-likeness (QED) is 0.603. The van der Waals surface area contributed by atoms with E-state index in [1.807, 2.05) is 25.1 Å². The summed E-state index contributed by atoms with van der Waals surface area (Å²) in [6.45, 7) is 1.97. The van der Waals surface area contributed by atoms with Crippen LogP contribution in [0.4, 0.5) is 5.69 Å². The van der Waals surface area contributed by atoms with Crippen molar-refractivity contribution in [1.29, 1.82) is 0 Å². The van der Waals surface area contributed by atoms with Crippen LogP contribution in [0.5, 0.6) is 0 Å². The Morgan fingerprint density at radius 2 is 2.14 bits per heavy atom. The van der Waals surface area contributed by atoms with Crippen LogP contribution in [0.1, 0.15) is 5.56 Å². The molecule has 0 amide bonds. The number of hydrazone groups is 1. The highest BCUT2D eigenvalue weighted by atomic mass is 35.5. The Morgan fingerprint density at radius 3 is 2.79 bits per heavy atom. The van der Waals surface area contributed by atoms with Crippen molar-refractivity contribution >= 4 is 29.7 Å². The highest BCUT2D eigenvalue weighted by molar-refractivity contribution is 6.30. The Hall–Kier alpha value is -1.35. The van der Waals surface area contributed by atoms with Crippen LogP contribution in [0.3, 0.4) is 0 Å². The fourth-order valence-corrected chi connectivity index (χ4v) is 1.19. The number of hydrogen-bond acceptors (Lipinski definition) is 3. The van der Waals surface area contributed by atoms with E-state index < -0.39 is 0 Å². The normalized spacial score (nSPS) is 11.4. The van der Waals surface area contributed by atoms with Gasteiger partial charge in [-0.3, -0.25) is 10.4 Å². The average Bonchev–Trinajstić information content (AvgIpc) is 2.15. The summed E-state index contributed by atoms with van der Waals surface area (Å²) >= 11 is 5.81. The summed E-state index contributed by atoms with van der Waals surface area (Å²) in [6.07, 6.45) is 3.20. The van der Waals surface area contributed by atoms with Crippen LogP contribution in [0.25, 0.3) is 0 Å². The van der Waals surface area contributed by atoms with Gasteiger partial charge in [0.1, 0.15) is 0 Å². The molecule has 1 N–H and O–H groups in total. The molecule has 0 heterocycles. The second kappa shape index (κ2) is 5.40. The summed E-state index contributed by atoms with van der Waals surface area (Å²) < 4.78 is 0. The molecule has 0 saturated heterocycles. The van der Waals surface area contributed by atoms with Gasteiger partial charge < -0.3 is 0 Å². The molecular formula is C10H12ClN3. The van der Waals surface area contributed by atoms with Crippen molar-refractivity contribution in [3.8, 4) is 0 Å². The number of rotatable bonds is 3. The molecule has 0 saturated carbocycles. The molecule has 4 heteroatoms. The van der Waals surface area contributed by atoms with Gasteiger partial charge in [0.15, 0.2) is 0 Å². The maximum absolute atomic E-state index is 5.81. The van der Waals surface area contributed by atoms with E-state index in [9.17, 15) is 0 Å². The van der Waals surface area contributed by atoms with Crippen LogP contribution in [-0.4, -0.2) is 19.5 Å². The molecule has 14 heavy (non-hydrogen) atoms. The van der Waals surface area contributed by atoms with Crippen LogP contribution < -0.4 is 5.43 Å². The zero-order valence-corrected chi connectivity index (χ0v) is 8.92. The van der Waals surface area contributed by atoms with Crippen LogP contribution in [0, 0.1) is 6.92 Å². The van der Waals surface area contributed by atoms with Gasteiger partial charge in [-0.1, -0.05) is 11.6 Å². The lowest BCUT2D eigenvalue weighted by Crippen LogP contribution is -1.92. The molecule has 74 valence electrons. The molecule has 0 radical (unpaired) electrons. The first-order valence-corrected chi connectivity index (χ1v) is 4.58. The molecule has 0 aliphatic heterocycles. The van der Waals surface area contributed by atoms with Crippen molar-refractivity contribution in [3.63, 3.8) is 0 Å². The number of nitrogens with one attached hydrogen (secondary N) is 1. The summed E-state index contributed by atoms with van der Waals surface area (Å²) in [7, 11) is 1.69. The third-order valence-corrected chi connectivity index (χ3v) is 1.90. The zero-order chi connectivity index (χ0) is 10.4. The van der Waals surface area contributed by atoms with Crippen molar-refractivity contribution in [2.75, 3.05) is 12.5 Å². The molecule has 0 aliphatic carbocycles. The van der Waals surface area contributed by atoms with Gasteiger partial charge in [0.05, 0.1) is 11.9 Å². The second-order valence-electron chi connectivity index (χ2n) is 2.76. The lowest BCUT2D eigenvalue weighted by Gasteiger charge is -2.03. The van der Waals surface area contributed by atoms with Crippen molar-refractivity contribution in [3.05, 3.63) is 28.8 Å². The van der Waals surface area contributed by atoms with Gasteiger partial charge in [0, 0.05) is 18.3 Å². The molecule has 0 spiro atoms. The average molecular weight is 210 g/mol. The van der Waals surface area contributed by atoms with E-state index in [0.29, 0.717) is 0 Å². The Labute approximate surface area is 88.5 Å². The van der Waals surface area contributed by atoms with E-state index in [-0.39, 0.29) is 0 Å². The standard InChI is InChI=1S/C10H12ClN3/c1-8-7-9(11)3-4-10(8)14-13-6-5-12-2/h3-7,14H,1-2H3/b12-5-,13-6-. The van der Waals surface area contributed by atoms with Gasteiger partial charge in [-0.2, -0.15) is 5.10 Å². The molecule has 0 aliphatic rings. The number of anilines is 1. The second-order valence-corrected chi connectivity index (χ2v) is 3.19. The van der Waals surface area contributed by atoms with Gasteiger partial charge in [0.2, 0.25) is 0 Å². The van der Waals surface area contributed by atoms with Crippen LogP contribution in [-0.2, 0) is 0 Å². The fraction of sp³-hybridized carbons (Fsp3) is 0.200. The first-order chi connectivity index (χ1) is 6.74. The van der Waals surface area contributed by atoms with E-state index in [0.717, 1.165) is 16.3 Å². The van der Waals surface area contributed by atoms with Crippen LogP contribution in [0.2, 0.25) is 5.02 Å². The number of benzene rings is 1. The van der Waals surface area contributed by atoms with Crippen LogP contribution >= 0.6 is 11.6 Å². The molecule has 0 atom stereocenters. The zero-order valence-electron chi connectivity index (χ0n) is 8.16. The van der Waals surface area contributed by atoms with E-state index >= 15 is 0 Å². The summed E-state index contributed by atoms with van der Waals surface area (Å²) in [6, 6.07) is 5.59. The maximum Gasteiger partial charge on any atom is 0.0650 e. The Bertz CT molecular complexity index is 358. The molecule has 1 aromatic rings. The van der Waals surface area contributed by atoms with Crippen molar-refractivity contribution in [2.24, 2.45) is 10.1 Å². The van der Waals surface area contributed by atoms with E-state index in [2.05, 4.69) is 15.5 Å².